The van der Waals surface area contributed by atoms with Crippen LogP contribution in [0.3, 0.4) is 0 Å². The minimum absolute atomic E-state index is 0.0382. The Morgan fingerprint density at radius 3 is 2.65 bits per heavy atom. The number of fused-ring (bicyclic) bond motifs is 1. The van der Waals surface area contributed by atoms with Crippen LogP contribution in [0.1, 0.15) is 28.8 Å². The zero-order chi connectivity index (χ0) is 12.6. The SMILES string of the molecule is CC(C1CNC(=O)c2ccccc21)C(F)(F)F. The van der Waals surface area contributed by atoms with E-state index in [-0.39, 0.29) is 12.5 Å². The van der Waals surface area contributed by atoms with Crippen LogP contribution in [0.25, 0.3) is 0 Å². The van der Waals surface area contributed by atoms with Gasteiger partial charge >= 0.3 is 6.18 Å². The van der Waals surface area contributed by atoms with Crippen LogP contribution in [0.15, 0.2) is 24.3 Å². The lowest BCUT2D eigenvalue weighted by Crippen LogP contribution is -2.40. The zero-order valence-electron chi connectivity index (χ0n) is 9.21. The summed E-state index contributed by atoms with van der Waals surface area (Å²) in [5.41, 5.74) is 0.834. The van der Waals surface area contributed by atoms with E-state index in [2.05, 4.69) is 5.32 Å². The van der Waals surface area contributed by atoms with Gasteiger partial charge in [-0.3, -0.25) is 4.79 Å². The van der Waals surface area contributed by atoms with Gasteiger partial charge in [-0.15, -0.1) is 0 Å². The standard InChI is InChI=1S/C12H12F3NO/c1-7(12(13,14)15)10-6-16-11(17)9-5-3-2-4-8(9)10/h2-5,7,10H,6H2,1H3,(H,16,17). The van der Waals surface area contributed by atoms with Gasteiger partial charge in [0, 0.05) is 18.0 Å². The molecule has 2 unspecified atom stereocenters. The monoisotopic (exact) mass is 243 g/mol. The molecule has 5 heteroatoms. The fraction of sp³-hybridized carbons (Fsp3) is 0.417. The molecule has 1 aromatic carbocycles. The van der Waals surface area contributed by atoms with Gasteiger partial charge in [-0.25, -0.2) is 0 Å². The van der Waals surface area contributed by atoms with Crippen LogP contribution >= 0.6 is 0 Å². The molecule has 0 spiro atoms. The Labute approximate surface area is 96.8 Å². The van der Waals surface area contributed by atoms with Crippen LogP contribution in [0.2, 0.25) is 0 Å². The number of hydrogen-bond donors (Lipinski definition) is 1. The topological polar surface area (TPSA) is 29.1 Å². The molecule has 2 atom stereocenters. The number of carbonyl (C=O) groups excluding carboxylic acids is 1. The van der Waals surface area contributed by atoms with E-state index in [4.69, 9.17) is 0 Å². The van der Waals surface area contributed by atoms with E-state index in [0.717, 1.165) is 6.92 Å². The molecule has 2 nitrogen and oxygen atoms in total. The molecule has 92 valence electrons. The highest BCUT2D eigenvalue weighted by Gasteiger charge is 2.43. The van der Waals surface area contributed by atoms with Crippen LogP contribution in [-0.2, 0) is 0 Å². The second kappa shape index (κ2) is 4.05. The molecule has 0 aliphatic carbocycles. The molecule has 0 aromatic heterocycles. The lowest BCUT2D eigenvalue weighted by molar-refractivity contribution is -0.175. The van der Waals surface area contributed by atoms with Crippen molar-refractivity contribution < 1.29 is 18.0 Å². The molecular formula is C12H12F3NO. The minimum atomic E-state index is -4.25. The highest BCUT2D eigenvalue weighted by atomic mass is 19.4. The predicted molar refractivity (Wildman–Crippen MR) is 56.7 cm³/mol. The van der Waals surface area contributed by atoms with Crippen LogP contribution in [0, 0.1) is 5.92 Å². The van der Waals surface area contributed by atoms with Gasteiger partial charge in [-0.05, 0) is 11.6 Å². The van der Waals surface area contributed by atoms with E-state index in [1.165, 1.54) is 0 Å². The second-order valence-electron chi connectivity index (χ2n) is 4.23. The summed E-state index contributed by atoms with van der Waals surface area (Å²) < 4.78 is 38.1. The molecular weight excluding hydrogens is 231 g/mol. The van der Waals surface area contributed by atoms with Crippen LogP contribution in [-0.4, -0.2) is 18.6 Å². The summed E-state index contributed by atoms with van der Waals surface area (Å²) in [5, 5.41) is 2.50. The molecule has 0 fully saturated rings. The number of carbonyl (C=O) groups is 1. The smallest absolute Gasteiger partial charge is 0.351 e. The molecule has 1 aliphatic rings. The van der Waals surface area contributed by atoms with Crippen molar-refractivity contribution in [3.63, 3.8) is 0 Å². The average Bonchev–Trinajstić information content (AvgIpc) is 2.28. The lowest BCUT2D eigenvalue weighted by atomic mass is 9.82. The van der Waals surface area contributed by atoms with Crippen LogP contribution < -0.4 is 5.32 Å². The summed E-state index contributed by atoms with van der Waals surface area (Å²) in [7, 11) is 0. The van der Waals surface area contributed by atoms with Crippen molar-refractivity contribution in [3.8, 4) is 0 Å². The first-order valence-corrected chi connectivity index (χ1v) is 5.35. The molecule has 0 radical (unpaired) electrons. The fourth-order valence-electron chi connectivity index (χ4n) is 2.11. The van der Waals surface area contributed by atoms with Gasteiger partial charge in [0.2, 0.25) is 0 Å². The van der Waals surface area contributed by atoms with Gasteiger partial charge in [-0.1, -0.05) is 25.1 Å². The summed E-state index contributed by atoms with van der Waals surface area (Å²) >= 11 is 0. The lowest BCUT2D eigenvalue weighted by Gasteiger charge is -2.31. The summed E-state index contributed by atoms with van der Waals surface area (Å²) in [4.78, 5) is 11.5. The van der Waals surface area contributed by atoms with E-state index < -0.39 is 18.0 Å². The quantitative estimate of drug-likeness (QED) is 0.807. The van der Waals surface area contributed by atoms with Crippen molar-refractivity contribution in [1.82, 2.24) is 5.32 Å². The normalized spacial score (nSPS) is 21.6. The van der Waals surface area contributed by atoms with Gasteiger partial charge in [0.05, 0.1) is 5.92 Å². The van der Waals surface area contributed by atoms with E-state index in [1.807, 2.05) is 0 Å². The van der Waals surface area contributed by atoms with E-state index >= 15 is 0 Å². The Morgan fingerprint density at radius 1 is 1.35 bits per heavy atom. The Morgan fingerprint density at radius 2 is 2.00 bits per heavy atom. The number of hydrogen-bond acceptors (Lipinski definition) is 1. The largest absolute Gasteiger partial charge is 0.392 e. The van der Waals surface area contributed by atoms with Crippen LogP contribution in [0.4, 0.5) is 13.2 Å². The van der Waals surface area contributed by atoms with Crippen molar-refractivity contribution in [2.45, 2.75) is 19.0 Å². The Kier molecular flexibility index (Phi) is 2.85. The molecule has 1 heterocycles. The molecule has 1 aromatic rings. The summed E-state index contributed by atoms with van der Waals surface area (Å²) in [6.45, 7) is 1.19. The van der Waals surface area contributed by atoms with Gasteiger partial charge in [0.25, 0.3) is 5.91 Å². The Balaban J connectivity index is 2.40. The van der Waals surface area contributed by atoms with E-state index in [0.29, 0.717) is 11.1 Å². The molecule has 0 saturated heterocycles. The molecule has 0 bridgehead atoms. The van der Waals surface area contributed by atoms with Gasteiger partial charge < -0.3 is 5.32 Å². The third-order valence-corrected chi connectivity index (χ3v) is 3.21. The first kappa shape index (κ1) is 12.0. The van der Waals surface area contributed by atoms with Crippen molar-refractivity contribution in [2.75, 3.05) is 6.54 Å². The predicted octanol–water partition coefficient (Wildman–Crippen LogP) is 2.71. The highest BCUT2D eigenvalue weighted by Crippen LogP contribution is 2.39. The molecule has 2 rings (SSSR count). The summed E-state index contributed by atoms with van der Waals surface area (Å²) in [5.74, 6) is -2.47. The first-order chi connectivity index (χ1) is 7.91. The molecule has 1 amide bonds. The first-order valence-electron chi connectivity index (χ1n) is 5.35. The number of rotatable bonds is 1. The maximum Gasteiger partial charge on any atom is 0.392 e. The van der Waals surface area contributed by atoms with E-state index in [9.17, 15) is 18.0 Å². The van der Waals surface area contributed by atoms with Gasteiger partial charge in [-0.2, -0.15) is 13.2 Å². The summed E-state index contributed by atoms with van der Waals surface area (Å²) in [6, 6.07) is 6.47. The second-order valence-corrected chi connectivity index (χ2v) is 4.23. The number of amides is 1. The minimum Gasteiger partial charge on any atom is -0.351 e. The molecule has 1 N–H and O–H groups in total. The number of benzene rings is 1. The fourth-order valence-corrected chi connectivity index (χ4v) is 2.11. The van der Waals surface area contributed by atoms with Crippen molar-refractivity contribution in [1.29, 1.82) is 0 Å². The average molecular weight is 243 g/mol. The van der Waals surface area contributed by atoms with Gasteiger partial charge in [0.1, 0.15) is 0 Å². The van der Waals surface area contributed by atoms with Crippen molar-refractivity contribution in [2.24, 2.45) is 5.92 Å². The van der Waals surface area contributed by atoms with Crippen LogP contribution in [0.5, 0.6) is 0 Å². The molecule has 17 heavy (non-hydrogen) atoms. The summed E-state index contributed by atoms with van der Waals surface area (Å²) in [6.07, 6.45) is -4.25. The third kappa shape index (κ3) is 2.14. The van der Waals surface area contributed by atoms with E-state index in [1.54, 1.807) is 24.3 Å². The number of nitrogens with one attached hydrogen (secondary N) is 1. The zero-order valence-corrected chi connectivity index (χ0v) is 9.21. The number of alkyl halides is 3. The van der Waals surface area contributed by atoms with Gasteiger partial charge in [0.15, 0.2) is 0 Å². The molecule has 1 aliphatic heterocycles. The Bertz CT molecular complexity index is 442. The maximum atomic E-state index is 12.7. The highest BCUT2D eigenvalue weighted by molar-refractivity contribution is 5.97. The maximum absolute atomic E-state index is 12.7. The van der Waals surface area contributed by atoms with Crippen molar-refractivity contribution >= 4 is 5.91 Å². The molecule has 0 saturated carbocycles. The Hall–Kier alpha value is -1.52. The number of halogens is 3. The third-order valence-electron chi connectivity index (χ3n) is 3.21. The van der Waals surface area contributed by atoms with Crippen molar-refractivity contribution in [3.05, 3.63) is 35.4 Å².